The van der Waals surface area contributed by atoms with E-state index in [0.29, 0.717) is 18.1 Å². The molecule has 2 N–H and O–H groups in total. The van der Waals surface area contributed by atoms with Gasteiger partial charge in [0.05, 0.1) is 17.7 Å². The van der Waals surface area contributed by atoms with Crippen molar-refractivity contribution in [2.24, 2.45) is 5.73 Å². The molecule has 0 fully saturated rings. The molecule has 0 aliphatic carbocycles. The van der Waals surface area contributed by atoms with Crippen LogP contribution in [0.15, 0.2) is 18.2 Å². The third kappa shape index (κ3) is 3.91. The molecule has 0 spiro atoms. The molecule has 0 bridgehead atoms. The Morgan fingerprint density at radius 3 is 2.37 bits per heavy atom. The van der Waals surface area contributed by atoms with E-state index < -0.39 is 23.6 Å². The molecule has 0 saturated heterocycles. The summed E-state index contributed by atoms with van der Waals surface area (Å²) in [6.45, 7) is 1.94. The van der Waals surface area contributed by atoms with Crippen LogP contribution in [0.1, 0.15) is 36.9 Å². The number of benzene rings is 1. The van der Waals surface area contributed by atoms with E-state index in [1.54, 1.807) is 0 Å². The zero-order valence-electron chi connectivity index (χ0n) is 10.8. The van der Waals surface area contributed by atoms with E-state index in [-0.39, 0.29) is 6.10 Å². The van der Waals surface area contributed by atoms with Gasteiger partial charge in [-0.25, -0.2) is 4.39 Å². The van der Waals surface area contributed by atoms with Crippen LogP contribution in [-0.4, -0.2) is 13.2 Å². The topological polar surface area (TPSA) is 35.2 Å². The van der Waals surface area contributed by atoms with Crippen LogP contribution >= 0.6 is 0 Å². The molecular formula is C13H17F4NO. The normalized spacial score (nSPS) is 15.3. The van der Waals surface area contributed by atoms with Crippen LogP contribution in [0.25, 0.3) is 0 Å². The highest BCUT2D eigenvalue weighted by molar-refractivity contribution is 5.29. The lowest BCUT2D eigenvalue weighted by Crippen LogP contribution is -2.28. The summed E-state index contributed by atoms with van der Waals surface area (Å²) < 4.78 is 55.9. The van der Waals surface area contributed by atoms with E-state index in [1.165, 1.54) is 13.2 Å². The molecule has 0 aliphatic rings. The van der Waals surface area contributed by atoms with Crippen LogP contribution in [0.2, 0.25) is 0 Å². The zero-order chi connectivity index (χ0) is 14.6. The number of ether oxygens (including phenoxy) is 1. The molecule has 1 rings (SSSR count). The van der Waals surface area contributed by atoms with Crippen LogP contribution < -0.4 is 5.73 Å². The number of alkyl halides is 3. The lowest BCUT2D eigenvalue weighted by molar-refractivity contribution is -0.140. The summed E-state index contributed by atoms with van der Waals surface area (Å²) in [5.74, 6) is -1.31. The molecule has 6 heteroatoms. The fourth-order valence-corrected chi connectivity index (χ4v) is 1.91. The monoisotopic (exact) mass is 279 g/mol. The molecule has 0 aromatic heterocycles. The minimum atomic E-state index is -4.70. The number of nitrogens with two attached hydrogens (primary N) is 1. The Labute approximate surface area is 109 Å². The average Bonchev–Trinajstić information content (AvgIpc) is 2.33. The van der Waals surface area contributed by atoms with Crippen LogP contribution in [0.5, 0.6) is 0 Å². The zero-order valence-corrected chi connectivity index (χ0v) is 10.8. The van der Waals surface area contributed by atoms with Crippen LogP contribution in [0.4, 0.5) is 17.6 Å². The van der Waals surface area contributed by atoms with Gasteiger partial charge < -0.3 is 10.5 Å². The Kier molecular flexibility index (Phi) is 5.31. The standard InChI is InChI=1S/C13H17F4NO/c1-3-4-11(19-2)12(18)8-5-6-9(10(14)7-8)13(15,16)17/h5-7,11-12H,3-4,18H2,1-2H3. The Balaban J connectivity index is 3.00. The van der Waals surface area contributed by atoms with Gasteiger partial charge in [-0.3, -0.25) is 0 Å². The van der Waals surface area contributed by atoms with Crippen molar-refractivity contribution in [2.45, 2.75) is 38.1 Å². The molecule has 2 unspecified atom stereocenters. The highest BCUT2D eigenvalue weighted by atomic mass is 19.4. The number of hydrogen-bond acceptors (Lipinski definition) is 2. The first-order chi connectivity index (χ1) is 8.81. The molecule has 2 nitrogen and oxygen atoms in total. The van der Waals surface area contributed by atoms with Gasteiger partial charge in [0.2, 0.25) is 0 Å². The van der Waals surface area contributed by atoms with Gasteiger partial charge in [0.1, 0.15) is 5.82 Å². The molecule has 0 amide bonds. The summed E-state index contributed by atoms with van der Waals surface area (Å²) in [5, 5.41) is 0. The molecule has 1 aromatic rings. The quantitative estimate of drug-likeness (QED) is 0.835. The Morgan fingerprint density at radius 1 is 1.32 bits per heavy atom. The van der Waals surface area contributed by atoms with Crippen molar-refractivity contribution in [2.75, 3.05) is 7.11 Å². The van der Waals surface area contributed by atoms with Crippen molar-refractivity contribution in [1.29, 1.82) is 0 Å². The third-order valence-corrected chi connectivity index (χ3v) is 2.96. The SMILES string of the molecule is CCCC(OC)C(N)c1ccc(C(F)(F)F)c(F)c1. The smallest absolute Gasteiger partial charge is 0.379 e. The predicted octanol–water partition coefficient (Wildman–Crippen LogP) is 3.66. The fraction of sp³-hybridized carbons (Fsp3) is 0.538. The largest absolute Gasteiger partial charge is 0.419 e. The summed E-state index contributed by atoms with van der Waals surface area (Å²) in [6.07, 6.45) is -3.58. The number of methoxy groups -OCH3 is 1. The highest BCUT2D eigenvalue weighted by Crippen LogP contribution is 2.32. The lowest BCUT2D eigenvalue weighted by atomic mass is 9.97. The van der Waals surface area contributed by atoms with E-state index in [2.05, 4.69) is 0 Å². The number of halogens is 4. The maximum Gasteiger partial charge on any atom is 0.419 e. The van der Waals surface area contributed by atoms with E-state index in [4.69, 9.17) is 10.5 Å². The maximum atomic E-state index is 13.4. The van der Waals surface area contributed by atoms with Gasteiger partial charge >= 0.3 is 6.18 Å². The van der Waals surface area contributed by atoms with Gasteiger partial charge in [0, 0.05) is 7.11 Å². The second kappa shape index (κ2) is 6.34. The van der Waals surface area contributed by atoms with Gasteiger partial charge in [-0.15, -0.1) is 0 Å². The summed E-state index contributed by atoms with van der Waals surface area (Å²) in [4.78, 5) is 0. The van der Waals surface area contributed by atoms with Crippen LogP contribution in [0, 0.1) is 5.82 Å². The van der Waals surface area contributed by atoms with Crippen LogP contribution in [-0.2, 0) is 10.9 Å². The maximum absolute atomic E-state index is 13.4. The number of rotatable bonds is 5. The Morgan fingerprint density at radius 2 is 1.95 bits per heavy atom. The minimum Gasteiger partial charge on any atom is -0.379 e. The first-order valence-electron chi connectivity index (χ1n) is 5.96. The van der Waals surface area contributed by atoms with Crippen molar-refractivity contribution in [3.63, 3.8) is 0 Å². The van der Waals surface area contributed by atoms with E-state index >= 15 is 0 Å². The van der Waals surface area contributed by atoms with Crippen LogP contribution in [0.3, 0.4) is 0 Å². The van der Waals surface area contributed by atoms with E-state index in [0.717, 1.165) is 12.5 Å². The molecule has 108 valence electrons. The summed E-state index contributed by atoms with van der Waals surface area (Å²) in [5.41, 5.74) is 4.90. The highest BCUT2D eigenvalue weighted by Gasteiger charge is 2.34. The first-order valence-corrected chi connectivity index (χ1v) is 5.96. The number of hydrogen-bond donors (Lipinski definition) is 1. The van der Waals surface area contributed by atoms with E-state index in [1.807, 2.05) is 6.92 Å². The van der Waals surface area contributed by atoms with Crippen molar-refractivity contribution in [1.82, 2.24) is 0 Å². The van der Waals surface area contributed by atoms with Gasteiger partial charge in [-0.1, -0.05) is 19.4 Å². The Bertz CT molecular complexity index is 420. The molecule has 0 aliphatic heterocycles. The molecule has 2 atom stereocenters. The summed E-state index contributed by atoms with van der Waals surface area (Å²) in [6, 6.07) is 2.08. The molecule has 0 radical (unpaired) electrons. The second-order valence-electron chi connectivity index (χ2n) is 4.33. The predicted molar refractivity (Wildman–Crippen MR) is 64.0 cm³/mol. The van der Waals surface area contributed by atoms with Crippen molar-refractivity contribution in [3.05, 3.63) is 35.1 Å². The van der Waals surface area contributed by atoms with Crippen molar-refractivity contribution < 1.29 is 22.3 Å². The molecule has 0 saturated carbocycles. The molecule has 1 aromatic carbocycles. The summed E-state index contributed by atoms with van der Waals surface area (Å²) in [7, 11) is 1.47. The van der Waals surface area contributed by atoms with Crippen molar-refractivity contribution in [3.8, 4) is 0 Å². The lowest BCUT2D eigenvalue weighted by Gasteiger charge is -2.23. The minimum absolute atomic E-state index is 0.297. The van der Waals surface area contributed by atoms with Crippen molar-refractivity contribution >= 4 is 0 Å². The molecular weight excluding hydrogens is 262 g/mol. The first kappa shape index (κ1) is 15.9. The van der Waals surface area contributed by atoms with Gasteiger partial charge in [-0.05, 0) is 24.1 Å². The second-order valence-corrected chi connectivity index (χ2v) is 4.33. The van der Waals surface area contributed by atoms with E-state index in [9.17, 15) is 17.6 Å². The average molecular weight is 279 g/mol. The summed E-state index contributed by atoms with van der Waals surface area (Å²) >= 11 is 0. The van der Waals surface area contributed by atoms with Gasteiger partial charge in [0.25, 0.3) is 0 Å². The van der Waals surface area contributed by atoms with Gasteiger partial charge in [-0.2, -0.15) is 13.2 Å². The third-order valence-electron chi connectivity index (χ3n) is 2.96. The Hall–Kier alpha value is -1.14. The van der Waals surface area contributed by atoms with Gasteiger partial charge in [0.15, 0.2) is 0 Å². The molecule has 0 heterocycles. The fourth-order valence-electron chi connectivity index (χ4n) is 1.91. The molecule has 19 heavy (non-hydrogen) atoms.